The van der Waals surface area contributed by atoms with Crippen molar-refractivity contribution in [3.63, 3.8) is 0 Å². The molecule has 0 saturated heterocycles. The first-order chi connectivity index (χ1) is 8.42. The number of rotatable bonds is 5. The third kappa shape index (κ3) is 5.09. The lowest BCUT2D eigenvalue weighted by Gasteiger charge is -2.11. The summed E-state index contributed by atoms with van der Waals surface area (Å²) in [5, 5.41) is 2.98. The fourth-order valence-corrected chi connectivity index (χ4v) is 1.34. The van der Waals surface area contributed by atoms with E-state index in [1.807, 2.05) is 13.1 Å². The van der Waals surface area contributed by atoms with Crippen LogP contribution in [-0.4, -0.2) is 20.0 Å². The number of alkyl halides is 3. The Bertz CT molecular complexity index is 416. The van der Waals surface area contributed by atoms with Gasteiger partial charge in [0, 0.05) is 0 Å². The molecule has 0 fully saturated rings. The van der Waals surface area contributed by atoms with Crippen LogP contribution >= 0.6 is 0 Å². The Morgan fingerprint density at radius 1 is 1.39 bits per heavy atom. The number of nitrogens with two attached hydrogens (primary N) is 1. The van der Waals surface area contributed by atoms with E-state index in [-0.39, 0.29) is 11.4 Å². The van der Waals surface area contributed by atoms with E-state index in [4.69, 9.17) is 5.73 Å². The van der Waals surface area contributed by atoms with Crippen LogP contribution in [0.4, 0.5) is 18.9 Å². The van der Waals surface area contributed by atoms with Crippen molar-refractivity contribution in [2.45, 2.75) is 12.8 Å². The SMILES string of the molecule is CNCCC=Cc1ccc(OC(F)(F)F)c(N)c1. The molecule has 0 spiro atoms. The lowest BCUT2D eigenvalue weighted by Crippen LogP contribution is -2.18. The van der Waals surface area contributed by atoms with E-state index in [2.05, 4.69) is 10.1 Å². The van der Waals surface area contributed by atoms with Crippen LogP contribution in [0.15, 0.2) is 24.3 Å². The molecular weight excluding hydrogens is 245 g/mol. The van der Waals surface area contributed by atoms with Gasteiger partial charge in [0.05, 0.1) is 5.69 Å². The van der Waals surface area contributed by atoms with Gasteiger partial charge in [-0.3, -0.25) is 0 Å². The molecular formula is C12H15F3N2O. The first kappa shape index (κ1) is 14.4. The van der Waals surface area contributed by atoms with Crippen LogP contribution < -0.4 is 15.8 Å². The molecule has 0 heterocycles. The number of anilines is 1. The number of hydrogen-bond acceptors (Lipinski definition) is 3. The maximum Gasteiger partial charge on any atom is 0.573 e. The highest BCUT2D eigenvalue weighted by molar-refractivity contribution is 5.61. The quantitative estimate of drug-likeness (QED) is 0.632. The van der Waals surface area contributed by atoms with Crippen molar-refractivity contribution in [1.29, 1.82) is 0 Å². The van der Waals surface area contributed by atoms with Crippen molar-refractivity contribution >= 4 is 11.8 Å². The Balaban J connectivity index is 2.70. The summed E-state index contributed by atoms with van der Waals surface area (Å²) < 4.78 is 39.8. The second kappa shape index (κ2) is 6.30. The van der Waals surface area contributed by atoms with Crippen LogP contribution in [0.25, 0.3) is 6.08 Å². The van der Waals surface area contributed by atoms with Crippen molar-refractivity contribution in [3.8, 4) is 5.75 Å². The van der Waals surface area contributed by atoms with Gasteiger partial charge in [0.2, 0.25) is 0 Å². The van der Waals surface area contributed by atoms with Gasteiger partial charge in [0.15, 0.2) is 5.75 Å². The summed E-state index contributed by atoms with van der Waals surface area (Å²) in [5.74, 6) is -0.380. The van der Waals surface area contributed by atoms with E-state index < -0.39 is 6.36 Å². The first-order valence-corrected chi connectivity index (χ1v) is 5.39. The highest BCUT2D eigenvalue weighted by atomic mass is 19.4. The largest absolute Gasteiger partial charge is 0.573 e. The van der Waals surface area contributed by atoms with E-state index in [9.17, 15) is 13.2 Å². The molecule has 1 aromatic rings. The summed E-state index contributed by atoms with van der Waals surface area (Å²) in [6.45, 7) is 0.835. The fourth-order valence-electron chi connectivity index (χ4n) is 1.34. The molecule has 0 bridgehead atoms. The number of benzene rings is 1. The van der Waals surface area contributed by atoms with E-state index in [0.29, 0.717) is 0 Å². The zero-order valence-corrected chi connectivity index (χ0v) is 9.92. The minimum absolute atomic E-state index is 0.0388. The normalized spacial score (nSPS) is 12.0. The molecule has 0 atom stereocenters. The average Bonchev–Trinajstić information content (AvgIpc) is 2.26. The third-order valence-corrected chi connectivity index (χ3v) is 2.13. The zero-order valence-electron chi connectivity index (χ0n) is 9.92. The molecule has 0 aliphatic carbocycles. The second-order valence-electron chi connectivity index (χ2n) is 3.64. The monoisotopic (exact) mass is 260 g/mol. The highest BCUT2D eigenvalue weighted by Crippen LogP contribution is 2.29. The van der Waals surface area contributed by atoms with E-state index in [0.717, 1.165) is 18.5 Å². The highest BCUT2D eigenvalue weighted by Gasteiger charge is 2.31. The van der Waals surface area contributed by atoms with Crippen LogP contribution in [0.2, 0.25) is 0 Å². The molecule has 0 aliphatic heterocycles. The van der Waals surface area contributed by atoms with E-state index in [1.54, 1.807) is 6.08 Å². The molecule has 100 valence electrons. The Morgan fingerprint density at radius 2 is 2.11 bits per heavy atom. The van der Waals surface area contributed by atoms with Crippen molar-refractivity contribution in [2.75, 3.05) is 19.3 Å². The molecule has 3 N–H and O–H groups in total. The maximum absolute atomic E-state index is 12.0. The molecule has 0 aliphatic rings. The van der Waals surface area contributed by atoms with Crippen molar-refractivity contribution in [3.05, 3.63) is 29.8 Å². The Morgan fingerprint density at radius 3 is 2.67 bits per heavy atom. The van der Waals surface area contributed by atoms with E-state index >= 15 is 0 Å². The third-order valence-electron chi connectivity index (χ3n) is 2.13. The van der Waals surface area contributed by atoms with Gasteiger partial charge in [-0.2, -0.15) is 0 Å². The first-order valence-electron chi connectivity index (χ1n) is 5.39. The standard InChI is InChI=1S/C12H15F3N2O/c1-17-7-3-2-4-9-5-6-11(10(16)8-9)18-12(13,14)15/h2,4-6,8,17H,3,7,16H2,1H3. The average molecular weight is 260 g/mol. The smallest absolute Gasteiger partial charge is 0.404 e. The fraction of sp³-hybridized carbons (Fsp3) is 0.333. The predicted octanol–water partition coefficient (Wildman–Crippen LogP) is 2.79. The van der Waals surface area contributed by atoms with Crippen molar-refractivity contribution in [1.82, 2.24) is 5.32 Å². The van der Waals surface area contributed by atoms with Gasteiger partial charge in [-0.15, -0.1) is 13.2 Å². The van der Waals surface area contributed by atoms with Crippen molar-refractivity contribution < 1.29 is 17.9 Å². The molecule has 0 unspecified atom stereocenters. The van der Waals surface area contributed by atoms with Gasteiger partial charge >= 0.3 is 6.36 Å². The van der Waals surface area contributed by atoms with Gasteiger partial charge in [-0.25, -0.2) is 0 Å². The number of nitrogen functional groups attached to an aromatic ring is 1. The minimum atomic E-state index is -4.72. The zero-order chi connectivity index (χ0) is 13.6. The molecule has 0 radical (unpaired) electrons. The predicted molar refractivity (Wildman–Crippen MR) is 65.1 cm³/mol. The van der Waals surface area contributed by atoms with Crippen LogP contribution in [0.1, 0.15) is 12.0 Å². The molecule has 0 amide bonds. The molecule has 3 nitrogen and oxygen atoms in total. The van der Waals surface area contributed by atoms with Gasteiger partial charge in [-0.1, -0.05) is 18.2 Å². The topological polar surface area (TPSA) is 47.3 Å². The molecule has 1 aromatic carbocycles. The summed E-state index contributed by atoms with van der Waals surface area (Å²) in [5.41, 5.74) is 6.18. The molecule has 6 heteroatoms. The molecule has 0 aromatic heterocycles. The lowest BCUT2D eigenvalue weighted by molar-refractivity contribution is -0.274. The lowest BCUT2D eigenvalue weighted by atomic mass is 10.1. The van der Waals surface area contributed by atoms with Crippen LogP contribution in [0, 0.1) is 0 Å². The maximum atomic E-state index is 12.0. The molecule has 18 heavy (non-hydrogen) atoms. The number of nitrogens with one attached hydrogen (secondary N) is 1. The Kier molecular flexibility index (Phi) is 5.03. The number of halogens is 3. The number of ether oxygens (including phenoxy) is 1. The summed E-state index contributed by atoms with van der Waals surface area (Å²) in [4.78, 5) is 0. The van der Waals surface area contributed by atoms with Gasteiger partial charge in [0.1, 0.15) is 0 Å². The number of hydrogen-bond donors (Lipinski definition) is 2. The minimum Gasteiger partial charge on any atom is -0.404 e. The summed E-state index contributed by atoms with van der Waals surface area (Å²) in [6, 6.07) is 4.17. The van der Waals surface area contributed by atoms with Gasteiger partial charge in [0.25, 0.3) is 0 Å². The Labute approximate surface area is 103 Å². The Hall–Kier alpha value is -1.69. The molecule has 0 saturated carbocycles. The van der Waals surface area contributed by atoms with Gasteiger partial charge in [-0.05, 0) is 37.7 Å². The van der Waals surface area contributed by atoms with Crippen molar-refractivity contribution in [2.24, 2.45) is 0 Å². The summed E-state index contributed by atoms with van der Waals surface area (Å²) in [6.07, 6.45) is -0.184. The molecule has 1 rings (SSSR count). The summed E-state index contributed by atoms with van der Waals surface area (Å²) in [7, 11) is 1.84. The van der Waals surface area contributed by atoms with E-state index in [1.165, 1.54) is 18.2 Å². The van der Waals surface area contributed by atoms with Crippen LogP contribution in [-0.2, 0) is 0 Å². The second-order valence-corrected chi connectivity index (χ2v) is 3.64. The summed E-state index contributed by atoms with van der Waals surface area (Å²) >= 11 is 0. The van der Waals surface area contributed by atoms with Crippen LogP contribution in [0.3, 0.4) is 0 Å². The van der Waals surface area contributed by atoms with Crippen LogP contribution in [0.5, 0.6) is 5.75 Å². The van der Waals surface area contributed by atoms with Gasteiger partial charge < -0.3 is 15.8 Å².